The van der Waals surface area contributed by atoms with Crippen molar-refractivity contribution in [2.24, 2.45) is 40.4 Å². The number of aldehydes is 1. The van der Waals surface area contributed by atoms with Gasteiger partial charge in [-0.2, -0.15) is 0 Å². The molecule has 0 aromatic rings. The first-order valence-electron chi connectivity index (χ1n) is 11.1. The molecule has 3 saturated carbocycles. The third-order valence-corrected chi connectivity index (χ3v) is 9.31. The Labute approximate surface area is 164 Å². The maximum Gasteiger partial charge on any atom is 0.302 e. The monoisotopic (exact) mass is 372 g/mol. The highest BCUT2D eigenvalue weighted by molar-refractivity contribution is 5.66. The van der Waals surface area contributed by atoms with Crippen LogP contribution in [0.15, 0.2) is 11.6 Å². The van der Waals surface area contributed by atoms with Crippen LogP contribution in [-0.2, 0) is 14.3 Å². The van der Waals surface area contributed by atoms with E-state index in [9.17, 15) is 9.59 Å². The van der Waals surface area contributed by atoms with Crippen molar-refractivity contribution in [1.82, 2.24) is 0 Å². The quantitative estimate of drug-likeness (QED) is 0.382. The van der Waals surface area contributed by atoms with Crippen LogP contribution >= 0.6 is 0 Å². The largest absolute Gasteiger partial charge is 0.462 e. The minimum absolute atomic E-state index is 0.0801. The van der Waals surface area contributed by atoms with Gasteiger partial charge in [-0.1, -0.05) is 32.4 Å². The highest BCUT2D eigenvalue weighted by Gasteiger charge is 2.59. The summed E-state index contributed by atoms with van der Waals surface area (Å²) < 4.78 is 5.55. The molecule has 0 aromatic carbocycles. The fourth-order valence-electron chi connectivity index (χ4n) is 7.96. The van der Waals surface area contributed by atoms with Crippen LogP contribution in [0.5, 0.6) is 0 Å². The fourth-order valence-corrected chi connectivity index (χ4v) is 7.96. The molecule has 0 aromatic heterocycles. The van der Waals surface area contributed by atoms with E-state index in [1.807, 2.05) is 0 Å². The maximum atomic E-state index is 11.5. The molecule has 3 nitrogen and oxygen atoms in total. The van der Waals surface area contributed by atoms with Gasteiger partial charge in [0.15, 0.2) is 0 Å². The maximum absolute atomic E-state index is 11.5. The molecule has 0 unspecified atom stereocenters. The van der Waals surface area contributed by atoms with Crippen LogP contribution in [0.1, 0.15) is 79.1 Å². The van der Waals surface area contributed by atoms with Crippen LogP contribution in [0.3, 0.4) is 0 Å². The van der Waals surface area contributed by atoms with Crippen molar-refractivity contribution in [2.75, 3.05) is 0 Å². The zero-order chi connectivity index (χ0) is 19.4. The highest BCUT2D eigenvalue weighted by atomic mass is 16.5. The molecule has 4 rings (SSSR count). The topological polar surface area (TPSA) is 43.4 Å². The van der Waals surface area contributed by atoms with Crippen LogP contribution in [0, 0.1) is 40.4 Å². The fraction of sp³-hybridized carbons (Fsp3) is 0.833. The number of fused-ring (bicyclic) bond motifs is 5. The zero-order valence-electron chi connectivity index (χ0n) is 17.5. The summed E-state index contributed by atoms with van der Waals surface area (Å²) >= 11 is 0. The number of carbonyl (C=O) groups excluding carboxylic acids is 2. The summed E-state index contributed by atoms with van der Waals surface area (Å²) in [6, 6.07) is 0. The molecule has 27 heavy (non-hydrogen) atoms. The first-order valence-corrected chi connectivity index (χ1v) is 11.1. The van der Waals surface area contributed by atoms with Crippen molar-refractivity contribution in [1.29, 1.82) is 0 Å². The molecule has 4 aliphatic rings. The molecule has 0 bridgehead atoms. The van der Waals surface area contributed by atoms with Gasteiger partial charge in [-0.3, -0.25) is 4.79 Å². The van der Waals surface area contributed by atoms with E-state index in [1.165, 1.54) is 45.3 Å². The van der Waals surface area contributed by atoms with Crippen molar-refractivity contribution in [2.45, 2.75) is 85.2 Å². The van der Waals surface area contributed by atoms with Crippen molar-refractivity contribution in [3.8, 4) is 0 Å². The van der Waals surface area contributed by atoms with Crippen LogP contribution in [0.25, 0.3) is 0 Å². The van der Waals surface area contributed by atoms with Crippen molar-refractivity contribution < 1.29 is 14.3 Å². The summed E-state index contributed by atoms with van der Waals surface area (Å²) in [5.41, 5.74) is 2.19. The van der Waals surface area contributed by atoms with E-state index in [0.717, 1.165) is 37.0 Å². The van der Waals surface area contributed by atoms with Gasteiger partial charge in [-0.25, -0.2) is 0 Å². The van der Waals surface area contributed by atoms with E-state index >= 15 is 0 Å². The van der Waals surface area contributed by atoms with Gasteiger partial charge in [-0.15, -0.1) is 0 Å². The second kappa shape index (κ2) is 6.74. The number of allylic oxidation sites excluding steroid dienone is 1. The van der Waals surface area contributed by atoms with Gasteiger partial charge >= 0.3 is 5.97 Å². The van der Waals surface area contributed by atoms with E-state index < -0.39 is 0 Å². The lowest BCUT2D eigenvalue weighted by Gasteiger charge is -2.58. The Bertz CT molecular complexity index is 652. The first kappa shape index (κ1) is 19.2. The predicted octanol–water partition coefficient (Wildman–Crippen LogP) is 5.33. The molecule has 0 amide bonds. The van der Waals surface area contributed by atoms with E-state index in [1.54, 1.807) is 5.57 Å². The van der Waals surface area contributed by atoms with Crippen molar-refractivity contribution >= 4 is 12.3 Å². The van der Waals surface area contributed by atoms with E-state index in [0.29, 0.717) is 11.3 Å². The number of esters is 1. The van der Waals surface area contributed by atoms with Gasteiger partial charge in [0.25, 0.3) is 0 Å². The summed E-state index contributed by atoms with van der Waals surface area (Å²) in [5.74, 6) is 2.92. The molecule has 3 fully saturated rings. The lowest BCUT2D eigenvalue weighted by molar-refractivity contribution is -0.148. The molecule has 0 spiro atoms. The number of carbonyl (C=O) groups is 2. The molecule has 3 heteroatoms. The van der Waals surface area contributed by atoms with Crippen LogP contribution in [0.4, 0.5) is 0 Å². The minimum atomic E-state index is -0.146. The summed E-state index contributed by atoms with van der Waals surface area (Å²) in [6.07, 6.45) is 13.2. The summed E-state index contributed by atoms with van der Waals surface area (Å²) in [4.78, 5) is 22.9. The lowest BCUT2D eigenvalue weighted by atomic mass is 9.47. The van der Waals surface area contributed by atoms with Crippen LogP contribution in [0.2, 0.25) is 0 Å². The van der Waals surface area contributed by atoms with Crippen LogP contribution < -0.4 is 0 Å². The van der Waals surface area contributed by atoms with Gasteiger partial charge in [0.1, 0.15) is 12.4 Å². The first-order chi connectivity index (χ1) is 12.8. The van der Waals surface area contributed by atoms with Crippen molar-refractivity contribution in [3.63, 3.8) is 0 Å². The highest BCUT2D eigenvalue weighted by Crippen LogP contribution is 2.67. The molecular formula is C24H36O3. The Morgan fingerprint density at radius 2 is 1.96 bits per heavy atom. The molecule has 0 aliphatic heterocycles. The Balaban J connectivity index is 1.57. The molecule has 8 atom stereocenters. The van der Waals surface area contributed by atoms with Gasteiger partial charge in [0, 0.05) is 19.3 Å². The van der Waals surface area contributed by atoms with E-state index in [4.69, 9.17) is 4.74 Å². The Hall–Kier alpha value is -1.12. The predicted molar refractivity (Wildman–Crippen MR) is 106 cm³/mol. The second-order valence-electron chi connectivity index (χ2n) is 10.5. The van der Waals surface area contributed by atoms with Gasteiger partial charge in [-0.05, 0) is 79.4 Å². The molecular weight excluding hydrogens is 336 g/mol. The van der Waals surface area contributed by atoms with Crippen LogP contribution in [-0.4, -0.2) is 18.4 Å². The van der Waals surface area contributed by atoms with Gasteiger partial charge in [0.05, 0.1) is 0 Å². The van der Waals surface area contributed by atoms with E-state index in [-0.39, 0.29) is 23.4 Å². The zero-order valence-corrected chi connectivity index (χ0v) is 17.5. The molecule has 4 aliphatic carbocycles. The van der Waals surface area contributed by atoms with Crippen molar-refractivity contribution in [3.05, 3.63) is 11.6 Å². The summed E-state index contributed by atoms with van der Waals surface area (Å²) in [6.45, 7) is 8.64. The molecule has 0 radical (unpaired) electrons. The molecule has 0 heterocycles. The lowest BCUT2D eigenvalue weighted by Crippen LogP contribution is -2.51. The Morgan fingerprint density at radius 1 is 1.19 bits per heavy atom. The Kier molecular flexibility index (Phi) is 4.79. The number of ether oxygens (including phenoxy) is 1. The second-order valence-corrected chi connectivity index (χ2v) is 10.5. The minimum Gasteiger partial charge on any atom is -0.462 e. The third kappa shape index (κ3) is 2.91. The number of rotatable bonds is 3. The van der Waals surface area contributed by atoms with E-state index in [2.05, 4.69) is 26.8 Å². The van der Waals surface area contributed by atoms with Gasteiger partial charge < -0.3 is 9.53 Å². The summed E-state index contributed by atoms with van der Waals surface area (Å²) in [5, 5.41) is 0. The normalized spacial score (nSPS) is 47.1. The SMILES string of the molecule is CC(=O)O[C@H]1CC[C@@]2(C)C(=CC[C@H]3[C@H]4CC[C@H]([C@@H](C)C=O)[C@@]4(C)CC[C@H]32)C1. The smallest absolute Gasteiger partial charge is 0.302 e. The number of hydrogen-bond donors (Lipinski definition) is 0. The average Bonchev–Trinajstić information content (AvgIpc) is 2.98. The Morgan fingerprint density at radius 3 is 2.67 bits per heavy atom. The molecule has 0 N–H and O–H groups in total. The molecule has 0 saturated heterocycles. The van der Waals surface area contributed by atoms with Gasteiger partial charge in [0.2, 0.25) is 0 Å². The average molecular weight is 373 g/mol. The third-order valence-electron chi connectivity index (χ3n) is 9.31. The molecule has 150 valence electrons. The number of hydrogen-bond acceptors (Lipinski definition) is 3. The summed E-state index contributed by atoms with van der Waals surface area (Å²) in [7, 11) is 0. The standard InChI is InChI=1S/C24H36O3/c1-15(14-25)20-7-8-21-19-6-5-17-13-18(27-16(2)26)9-11-23(17,3)22(19)10-12-24(20,21)4/h5,14-15,18-22H,6-13H2,1-4H3/t15-,18-,19-,20+,21+,22+,23-,24+/m0/s1.